The molecule has 1 fully saturated rings. The van der Waals surface area contributed by atoms with Crippen LogP contribution in [0.4, 0.5) is 0 Å². The Kier molecular flexibility index (Phi) is 17.7. The minimum Gasteiger partial charge on any atom is -0.394 e. The number of primary amides is 1. The van der Waals surface area contributed by atoms with Crippen LogP contribution in [0.2, 0.25) is 0 Å². The first kappa shape index (κ1) is 30.5. The number of pyridine rings is 1. The van der Waals surface area contributed by atoms with Gasteiger partial charge in [-0.15, -0.1) is 0 Å². The number of carbonyl (C=O) groups is 1. The fourth-order valence-electron chi connectivity index (χ4n) is 4.26. The number of carbonyl (C=O) groups excluding carboxylic acids is 1. The number of hydrogen-bond acceptors (Lipinski definition) is 6. The third kappa shape index (κ3) is 13.4. The molecule has 2 rings (SSSR count). The van der Waals surface area contributed by atoms with Gasteiger partial charge in [0, 0.05) is 12.4 Å². The summed E-state index contributed by atoms with van der Waals surface area (Å²) < 4.78 is 5.50. The molecule has 34 heavy (non-hydrogen) atoms. The molecule has 1 aromatic rings. The van der Waals surface area contributed by atoms with Gasteiger partial charge in [-0.1, -0.05) is 96.8 Å². The van der Waals surface area contributed by atoms with E-state index >= 15 is 0 Å². The minimum atomic E-state index is -0.943. The molecule has 1 saturated heterocycles. The Morgan fingerprint density at radius 1 is 0.882 bits per heavy atom. The second kappa shape index (κ2) is 19.7. The van der Waals surface area contributed by atoms with Crippen molar-refractivity contribution in [3.05, 3.63) is 30.1 Å². The number of nitrogens with zero attached hydrogens (tertiary/aromatic N) is 1. The SMILES string of the molecule is CCCCCCCCCCCCCCCCC1O[C@H](CO)[C@@H](O)[C@H]1O.NC(=O)c1cccnc1. The number of aromatic nitrogens is 1. The van der Waals surface area contributed by atoms with E-state index in [2.05, 4.69) is 11.9 Å². The molecule has 1 aliphatic rings. The van der Waals surface area contributed by atoms with Crippen LogP contribution in [0.3, 0.4) is 0 Å². The fourth-order valence-corrected chi connectivity index (χ4v) is 4.26. The maximum absolute atomic E-state index is 10.4. The zero-order valence-corrected chi connectivity index (χ0v) is 21.1. The van der Waals surface area contributed by atoms with E-state index in [0.29, 0.717) is 5.56 Å². The molecule has 0 spiro atoms. The normalized spacial score (nSPS) is 21.8. The number of aliphatic hydroxyl groups is 3. The van der Waals surface area contributed by atoms with Crippen LogP contribution in [0, 0.1) is 0 Å². The highest BCUT2D eigenvalue weighted by molar-refractivity contribution is 5.92. The zero-order valence-electron chi connectivity index (χ0n) is 21.1. The summed E-state index contributed by atoms with van der Waals surface area (Å²) in [5.41, 5.74) is 5.38. The van der Waals surface area contributed by atoms with Gasteiger partial charge in [-0.25, -0.2) is 0 Å². The molecule has 1 amide bonds. The number of ether oxygens (including phenoxy) is 1. The van der Waals surface area contributed by atoms with Gasteiger partial charge in [0.1, 0.15) is 18.3 Å². The van der Waals surface area contributed by atoms with Crippen molar-refractivity contribution in [1.82, 2.24) is 4.98 Å². The molecule has 0 bridgehead atoms. The lowest BCUT2D eigenvalue weighted by Crippen LogP contribution is -2.33. The van der Waals surface area contributed by atoms with Gasteiger partial charge in [0.25, 0.3) is 0 Å². The smallest absolute Gasteiger partial charge is 0.250 e. The first-order valence-corrected chi connectivity index (χ1v) is 13.3. The van der Waals surface area contributed by atoms with Crippen molar-refractivity contribution in [3.8, 4) is 0 Å². The highest BCUT2D eigenvalue weighted by Crippen LogP contribution is 2.25. The average Bonchev–Trinajstić information content (AvgIpc) is 3.13. The number of nitrogens with two attached hydrogens (primary N) is 1. The molecule has 2 heterocycles. The van der Waals surface area contributed by atoms with E-state index in [0.717, 1.165) is 19.3 Å². The Bertz CT molecular complexity index is 616. The molecular formula is C27H48N2O5. The van der Waals surface area contributed by atoms with Crippen LogP contribution in [0.15, 0.2) is 24.5 Å². The van der Waals surface area contributed by atoms with Crippen LogP contribution in [-0.4, -0.2) is 57.2 Å². The second-order valence-corrected chi connectivity index (χ2v) is 9.37. The summed E-state index contributed by atoms with van der Waals surface area (Å²) in [7, 11) is 0. The Morgan fingerprint density at radius 2 is 1.38 bits per heavy atom. The van der Waals surface area contributed by atoms with Crippen LogP contribution in [0.5, 0.6) is 0 Å². The lowest BCUT2D eigenvalue weighted by Gasteiger charge is -2.14. The zero-order chi connectivity index (χ0) is 25.0. The Morgan fingerprint density at radius 3 is 1.76 bits per heavy atom. The lowest BCUT2D eigenvalue weighted by molar-refractivity contribution is -0.0246. The highest BCUT2D eigenvalue weighted by atomic mass is 16.6. The summed E-state index contributed by atoms with van der Waals surface area (Å²) in [6, 6.07) is 3.29. The van der Waals surface area contributed by atoms with Gasteiger partial charge in [0.2, 0.25) is 5.91 Å². The molecule has 7 heteroatoms. The molecule has 0 aliphatic carbocycles. The number of aliphatic hydroxyl groups excluding tert-OH is 3. The van der Waals surface area contributed by atoms with Crippen molar-refractivity contribution >= 4 is 5.91 Å². The van der Waals surface area contributed by atoms with E-state index in [1.54, 1.807) is 18.3 Å². The van der Waals surface area contributed by atoms with Crippen LogP contribution in [-0.2, 0) is 4.74 Å². The van der Waals surface area contributed by atoms with Crippen LogP contribution in [0.25, 0.3) is 0 Å². The molecule has 1 unspecified atom stereocenters. The molecule has 0 saturated carbocycles. The third-order valence-corrected chi connectivity index (χ3v) is 6.43. The van der Waals surface area contributed by atoms with Crippen LogP contribution in [0.1, 0.15) is 114 Å². The second-order valence-electron chi connectivity index (χ2n) is 9.37. The molecule has 1 aliphatic heterocycles. The largest absolute Gasteiger partial charge is 0.394 e. The van der Waals surface area contributed by atoms with Gasteiger partial charge in [0.15, 0.2) is 0 Å². The Hall–Kier alpha value is -1.54. The standard InChI is InChI=1S/C21H42O4.C6H6N2O/c1-2-3-4-5-6-7-8-9-10-11-12-13-14-15-16-18-20(23)21(24)19(17-22)25-18;7-6(9)5-2-1-3-8-4-5/h18-24H,2-17H2,1H3;1-4H,(H2,7,9)/t18?,19-,20+,21-;/m1./s1. The van der Waals surface area contributed by atoms with E-state index in [-0.39, 0.29) is 12.7 Å². The van der Waals surface area contributed by atoms with E-state index in [9.17, 15) is 15.0 Å². The van der Waals surface area contributed by atoms with Gasteiger partial charge in [-0.2, -0.15) is 0 Å². The summed E-state index contributed by atoms with van der Waals surface area (Å²) in [4.78, 5) is 14.1. The monoisotopic (exact) mass is 480 g/mol. The summed E-state index contributed by atoms with van der Waals surface area (Å²) in [5, 5.41) is 28.7. The average molecular weight is 481 g/mol. The van der Waals surface area contributed by atoms with Gasteiger partial charge in [-0.3, -0.25) is 9.78 Å². The van der Waals surface area contributed by atoms with E-state index < -0.39 is 24.2 Å². The van der Waals surface area contributed by atoms with Gasteiger partial charge in [-0.05, 0) is 18.6 Å². The Labute approximate surface area is 206 Å². The number of unbranched alkanes of at least 4 members (excludes halogenated alkanes) is 13. The first-order chi connectivity index (χ1) is 16.5. The topological polar surface area (TPSA) is 126 Å². The number of rotatable bonds is 17. The first-order valence-electron chi connectivity index (χ1n) is 13.3. The quantitative estimate of drug-likeness (QED) is 0.243. The van der Waals surface area contributed by atoms with Crippen LogP contribution < -0.4 is 5.73 Å². The van der Waals surface area contributed by atoms with Crippen molar-refractivity contribution in [3.63, 3.8) is 0 Å². The highest BCUT2D eigenvalue weighted by Gasteiger charge is 2.41. The van der Waals surface area contributed by atoms with Gasteiger partial charge >= 0.3 is 0 Å². The van der Waals surface area contributed by atoms with E-state index in [4.69, 9.17) is 15.6 Å². The molecule has 1 aromatic heterocycles. The molecule has 7 nitrogen and oxygen atoms in total. The lowest BCUT2D eigenvalue weighted by atomic mass is 10.0. The van der Waals surface area contributed by atoms with Gasteiger partial charge in [0.05, 0.1) is 18.3 Å². The third-order valence-electron chi connectivity index (χ3n) is 6.43. The molecular weight excluding hydrogens is 432 g/mol. The molecule has 196 valence electrons. The van der Waals surface area contributed by atoms with Crippen molar-refractivity contribution in [2.45, 2.75) is 128 Å². The van der Waals surface area contributed by atoms with Gasteiger partial charge < -0.3 is 25.8 Å². The number of hydrogen-bond donors (Lipinski definition) is 4. The van der Waals surface area contributed by atoms with E-state index in [1.807, 2.05) is 0 Å². The van der Waals surface area contributed by atoms with Crippen molar-refractivity contribution in [2.75, 3.05) is 6.61 Å². The molecule has 0 aromatic carbocycles. The van der Waals surface area contributed by atoms with Crippen LogP contribution >= 0.6 is 0 Å². The van der Waals surface area contributed by atoms with Crippen molar-refractivity contribution in [1.29, 1.82) is 0 Å². The fraction of sp³-hybridized carbons (Fsp3) is 0.778. The number of amides is 1. The predicted octanol–water partition coefficient (Wildman–Crippen LogP) is 4.52. The minimum absolute atomic E-state index is 0.229. The Balaban J connectivity index is 0.000000533. The van der Waals surface area contributed by atoms with Crippen molar-refractivity contribution in [2.24, 2.45) is 5.73 Å². The maximum Gasteiger partial charge on any atom is 0.250 e. The van der Waals surface area contributed by atoms with Crippen molar-refractivity contribution < 1.29 is 24.9 Å². The summed E-state index contributed by atoms with van der Waals surface area (Å²) in [6.45, 7) is 2.04. The molecule has 5 N–H and O–H groups in total. The predicted molar refractivity (Wildman–Crippen MR) is 135 cm³/mol. The molecule has 0 radical (unpaired) electrons. The summed E-state index contributed by atoms with van der Waals surface area (Å²) in [6.07, 6.45) is 19.7. The maximum atomic E-state index is 10.4. The molecule has 4 atom stereocenters. The summed E-state index contributed by atoms with van der Waals surface area (Å²) in [5.74, 6) is -0.442. The summed E-state index contributed by atoms with van der Waals surface area (Å²) >= 11 is 0. The van der Waals surface area contributed by atoms with E-state index in [1.165, 1.54) is 83.2 Å².